The van der Waals surface area contributed by atoms with Crippen LogP contribution in [0.1, 0.15) is 50.6 Å². The lowest BCUT2D eigenvalue weighted by molar-refractivity contribution is 0.0618. The zero-order valence-electron chi connectivity index (χ0n) is 21.1. The Bertz CT molecular complexity index is 1490. The van der Waals surface area contributed by atoms with Crippen molar-refractivity contribution in [2.24, 2.45) is 4.99 Å². The second kappa shape index (κ2) is 9.89. The van der Waals surface area contributed by atoms with Crippen LogP contribution in [0.2, 0.25) is 5.02 Å². The number of pyridine rings is 1. The van der Waals surface area contributed by atoms with Gasteiger partial charge in [0.1, 0.15) is 0 Å². The van der Waals surface area contributed by atoms with Crippen molar-refractivity contribution in [3.8, 4) is 0 Å². The molecule has 10 heteroatoms. The van der Waals surface area contributed by atoms with Crippen molar-refractivity contribution in [3.63, 3.8) is 0 Å². The van der Waals surface area contributed by atoms with Crippen molar-refractivity contribution in [3.05, 3.63) is 78.3 Å². The molecule has 2 amide bonds. The van der Waals surface area contributed by atoms with Gasteiger partial charge in [0, 0.05) is 42.5 Å². The van der Waals surface area contributed by atoms with Crippen molar-refractivity contribution in [1.82, 2.24) is 14.8 Å². The van der Waals surface area contributed by atoms with Gasteiger partial charge in [0.05, 0.1) is 38.8 Å². The van der Waals surface area contributed by atoms with Gasteiger partial charge < -0.3 is 15.2 Å². The van der Waals surface area contributed by atoms with E-state index in [2.05, 4.69) is 10.3 Å². The summed E-state index contributed by atoms with van der Waals surface area (Å²) in [6.45, 7) is 4.33. The fourth-order valence-electron chi connectivity index (χ4n) is 4.67. The summed E-state index contributed by atoms with van der Waals surface area (Å²) >= 11 is 7.87. The Morgan fingerprint density at radius 3 is 2.57 bits per heavy atom. The number of imide groups is 1. The molecular formula is C27H28ClN5O3S. The third kappa shape index (κ3) is 4.74. The standard InChI is InChI=1S/C27H28ClN5O3S/c1-14(9-23-19(28)6-8-37-23)30-20-5-7-29-25(34)24(20)22-11-16-10-17-18(12-21(16)31-22)27(36)33(26(17)35)13-15(2)32(3)4/h5-8,10,12,14-15H,9,11,13H2,1-4H3,(H2,29,30,34)/t14-,15-/m0/s1. The van der Waals surface area contributed by atoms with E-state index < -0.39 is 0 Å². The van der Waals surface area contributed by atoms with E-state index >= 15 is 0 Å². The first-order valence-corrected chi connectivity index (χ1v) is 13.4. The molecule has 0 saturated heterocycles. The number of nitrogens with zero attached hydrogens (tertiary/aromatic N) is 3. The topological polar surface area (TPSA) is 97.9 Å². The Labute approximate surface area is 224 Å². The molecule has 0 unspecified atom stereocenters. The molecule has 2 aliphatic heterocycles. The predicted molar refractivity (Wildman–Crippen MR) is 148 cm³/mol. The van der Waals surface area contributed by atoms with Gasteiger partial charge in [-0.05, 0) is 63.2 Å². The summed E-state index contributed by atoms with van der Waals surface area (Å²) in [5.74, 6) is -0.591. The SMILES string of the molecule is C[C@@H](Cc1sccc1Cl)Nc1cc[nH]c(=O)c1C1=Nc2cc3c(cc2C1)C(=O)N(C[C@H](C)N(C)C)C3=O. The summed E-state index contributed by atoms with van der Waals surface area (Å²) in [5.41, 5.74) is 3.69. The van der Waals surface area contributed by atoms with Crippen LogP contribution in [0.3, 0.4) is 0 Å². The molecule has 2 atom stereocenters. The molecule has 1 aromatic carbocycles. The minimum absolute atomic E-state index is 0.0238. The van der Waals surface area contributed by atoms with E-state index in [1.54, 1.807) is 29.7 Å². The molecule has 2 aliphatic rings. The van der Waals surface area contributed by atoms with Crippen LogP contribution in [-0.4, -0.2) is 65.0 Å². The van der Waals surface area contributed by atoms with E-state index in [9.17, 15) is 14.4 Å². The van der Waals surface area contributed by atoms with Crippen LogP contribution in [0.5, 0.6) is 0 Å². The number of amides is 2. The van der Waals surface area contributed by atoms with Crippen LogP contribution in [0.4, 0.5) is 11.4 Å². The predicted octanol–water partition coefficient (Wildman–Crippen LogP) is 4.36. The average Bonchev–Trinajstić information content (AvgIpc) is 3.50. The molecule has 8 nitrogen and oxygen atoms in total. The first kappa shape index (κ1) is 25.4. The Morgan fingerprint density at radius 1 is 1.16 bits per heavy atom. The van der Waals surface area contributed by atoms with Gasteiger partial charge in [-0.2, -0.15) is 0 Å². The molecule has 0 bridgehead atoms. The zero-order chi connectivity index (χ0) is 26.4. The van der Waals surface area contributed by atoms with Gasteiger partial charge >= 0.3 is 0 Å². The van der Waals surface area contributed by atoms with Crippen LogP contribution in [0, 0.1) is 0 Å². The molecule has 3 aromatic rings. The maximum atomic E-state index is 13.1. The maximum absolute atomic E-state index is 13.1. The molecule has 0 radical (unpaired) electrons. The third-order valence-corrected chi connectivity index (χ3v) is 8.35. The molecule has 0 spiro atoms. The second-order valence-electron chi connectivity index (χ2n) is 9.83. The first-order chi connectivity index (χ1) is 17.6. The van der Waals surface area contributed by atoms with Gasteiger partial charge in [-0.25, -0.2) is 0 Å². The number of nitrogens with one attached hydrogen (secondary N) is 2. The van der Waals surface area contributed by atoms with Crippen LogP contribution >= 0.6 is 22.9 Å². The summed E-state index contributed by atoms with van der Waals surface area (Å²) in [7, 11) is 3.83. The number of likely N-dealkylation sites (N-methyl/N-ethyl adjacent to an activating group) is 1. The second-order valence-corrected chi connectivity index (χ2v) is 11.2. The highest BCUT2D eigenvalue weighted by atomic mass is 35.5. The Balaban J connectivity index is 1.41. The number of halogens is 1. The van der Waals surface area contributed by atoms with E-state index in [-0.39, 0.29) is 29.5 Å². The first-order valence-electron chi connectivity index (χ1n) is 12.1. The highest BCUT2D eigenvalue weighted by Crippen LogP contribution is 2.36. The van der Waals surface area contributed by atoms with Gasteiger partial charge in [-0.1, -0.05) is 11.6 Å². The summed E-state index contributed by atoms with van der Waals surface area (Å²) in [6.07, 6.45) is 2.72. The minimum atomic E-state index is -0.305. The van der Waals surface area contributed by atoms with E-state index in [1.165, 1.54) is 4.90 Å². The molecule has 192 valence electrons. The summed E-state index contributed by atoms with van der Waals surface area (Å²) in [6, 6.07) is 7.21. The number of H-pyrrole nitrogens is 1. The number of thiophene rings is 1. The lowest BCUT2D eigenvalue weighted by atomic mass is 10.00. The molecular weight excluding hydrogens is 510 g/mol. The number of hydrogen-bond acceptors (Lipinski definition) is 7. The Hall–Kier alpha value is -3.27. The van der Waals surface area contributed by atoms with E-state index in [1.807, 2.05) is 50.4 Å². The molecule has 0 saturated carbocycles. The smallest absolute Gasteiger partial charge is 0.261 e. The van der Waals surface area contributed by atoms with Crippen molar-refractivity contribution in [1.29, 1.82) is 0 Å². The van der Waals surface area contributed by atoms with Gasteiger partial charge in [-0.3, -0.25) is 24.3 Å². The molecule has 0 fully saturated rings. The lowest BCUT2D eigenvalue weighted by Gasteiger charge is -2.24. The molecule has 5 rings (SSSR count). The fraction of sp³-hybridized carbons (Fsp3) is 0.333. The van der Waals surface area contributed by atoms with Gasteiger partial charge in [0.25, 0.3) is 17.4 Å². The largest absolute Gasteiger partial charge is 0.381 e. The van der Waals surface area contributed by atoms with Gasteiger partial charge in [0.2, 0.25) is 0 Å². The molecule has 37 heavy (non-hydrogen) atoms. The number of rotatable bonds is 8. The third-order valence-electron chi connectivity index (χ3n) is 6.95. The summed E-state index contributed by atoms with van der Waals surface area (Å²) in [4.78, 5) is 50.9. The number of aliphatic imine (C=N–C) groups is 1. The Morgan fingerprint density at radius 2 is 1.89 bits per heavy atom. The van der Waals surface area contributed by atoms with Crippen LogP contribution in [-0.2, 0) is 12.8 Å². The van der Waals surface area contributed by atoms with Gasteiger partial charge in [-0.15, -0.1) is 11.3 Å². The number of carbonyl (C=O) groups is 2. The van der Waals surface area contributed by atoms with Crippen molar-refractivity contribution in [2.75, 3.05) is 26.0 Å². The van der Waals surface area contributed by atoms with Gasteiger partial charge in [0.15, 0.2) is 0 Å². The molecule has 0 aliphatic carbocycles. The number of anilines is 1. The highest BCUT2D eigenvalue weighted by molar-refractivity contribution is 7.10. The number of aromatic nitrogens is 1. The highest BCUT2D eigenvalue weighted by Gasteiger charge is 2.38. The minimum Gasteiger partial charge on any atom is -0.381 e. The number of fused-ring (bicyclic) bond motifs is 2. The quantitative estimate of drug-likeness (QED) is 0.416. The van der Waals surface area contributed by atoms with Crippen molar-refractivity contribution < 1.29 is 9.59 Å². The Kier molecular flexibility index (Phi) is 6.78. The maximum Gasteiger partial charge on any atom is 0.261 e. The van der Waals surface area contributed by atoms with E-state index in [0.717, 1.165) is 21.9 Å². The fourth-order valence-corrected chi connectivity index (χ4v) is 5.91. The number of benzene rings is 1. The van der Waals surface area contributed by atoms with Crippen molar-refractivity contribution in [2.45, 2.75) is 38.8 Å². The lowest BCUT2D eigenvalue weighted by Crippen LogP contribution is -2.41. The number of carbonyl (C=O) groups excluding carboxylic acids is 2. The number of hydrogen-bond donors (Lipinski definition) is 2. The summed E-state index contributed by atoms with van der Waals surface area (Å²) in [5, 5.41) is 6.14. The van der Waals surface area contributed by atoms with E-state index in [4.69, 9.17) is 16.6 Å². The monoisotopic (exact) mass is 537 g/mol. The van der Waals surface area contributed by atoms with Crippen LogP contribution in [0.25, 0.3) is 0 Å². The van der Waals surface area contributed by atoms with Crippen LogP contribution in [0.15, 0.2) is 45.6 Å². The van der Waals surface area contributed by atoms with E-state index in [0.29, 0.717) is 46.7 Å². The normalized spacial score (nSPS) is 16.2. The molecule has 2 aromatic heterocycles. The zero-order valence-corrected chi connectivity index (χ0v) is 22.7. The number of aromatic amines is 1. The van der Waals surface area contributed by atoms with Crippen molar-refractivity contribution >= 4 is 51.8 Å². The molecule has 4 heterocycles. The average molecular weight is 538 g/mol. The molecule has 2 N–H and O–H groups in total. The summed E-state index contributed by atoms with van der Waals surface area (Å²) < 4.78 is 0. The van der Waals surface area contributed by atoms with Crippen LogP contribution < -0.4 is 10.9 Å².